The molecule has 25 heavy (non-hydrogen) atoms. The highest BCUT2D eigenvalue weighted by molar-refractivity contribution is 9.10. The molecule has 1 aliphatic heterocycles. The molecule has 6 heteroatoms. The molecule has 3 rings (SSSR count). The summed E-state index contributed by atoms with van der Waals surface area (Å²) in [5, 5.41) is 0. The topological polar surface area (TPSA) is 29.5 Å². The minimum absolute atomic E-state index is 0.117. The van der Waals surface area contributed by atoms with Crippen LogP contribution in [-0.2, 0) is 4.79 Å². The van der Waals surface area contributed by atoms with E-state index < -0.39 is 0 Å². The second-order valence-corrected chi connectivity index (χ2v) is 7.67. The summed E-state index contributed by atoms with van der Waals surface area (Å²) in [5.41, 5.74) is 1.67. The molecule has 0 atom stereocenters. The number of benzene rings is 2. The van der Waals surface area contributed by atoms with Crippen LogP contribution in [0.3, 0.4) is 0 Å². The van der Waals surface area contributed by atoms with Crippen molar-refractivity contribution in [1.29, 1.82) is 0 Å². The summed E-state index contributed by atoms with van der Waals surface area (Å²) in [4.78, 5) is 14.9. The van der Waals surface area contributed by atoms with Gasteiger partial charge in [0.25, 0.3) is 5.91 Å². The number of halogens is 1. The van der Waals surface area contributed by atoms with E-state index in [-0.39, 0.29) is 5.91 Å². The summed E-state index contributed by atoms with van der Waals surface area (Å²) in [6, 6.07) is 15.1. The Kier molecular flexibility index (Phi) is 5.73. The minimum atomic E-state index is -0.117. The largest absolute Gasteiger partial charge is 0.490 e. The van der Waals surface area contributed by atoms with E-state index >= 15 is 0 Å². The van der Waals surface area contributed by atoms with Gasteiger partial charge in [0.1, 0.15) is 12.4 Å². The maximum atomic E-state index is 12.8. The van der Waals surface area contributed by atoms with Crippen LogP contribution in [0.4, 0.5) is 5.69 Å². The van der Waals surface area contributed by atoms with Gasteiger partial charge in [0, 0.05) is 4.47 Å². The summed E-state index contributed by atoms with van der Waals surface area (Å²) >= 11 is 10.2. The zero-order valence-electron chi connectivity index (χ0n) is 13.1. The number of carbonyl (C=O) groups excluding carboxylic acids is 1. The number of thioether (sulfide) groups is 1. The fourth-order valence-electron chi connectivity index (χ4n) is 2.28. The number of para-hydroxylation sites is 1. The molecule has 0 spiro atoms. The van der Waals surface area contributed by atoms with Gasteiger partial charge < -0.3 is 4.74 Å². The normalized spacial score (nSPS) is 15.7. The Morgan fingerprint density at radius 1 is 1.20 bits per heavy atom. The first-order valence-corrected chi connectivity index (χ1v) is 9.48. The van der Waals surface area contributed by atoms with Crippen LogP contribution in [0.2, 0.25) is 0 Å². The van der Waals surface area contributed by atoms with E-state index in [1.165, 1.54) is 11.8 Å². The summed E-state index contributed by atoms with van der Waals surface area (Å²) in [7, 11) is 0. The zero-order chi connectivity index (χ0) is 17.8. The first kappa shape index (κ1) is 17.9. The molecule has 0 radical (unpaired) electrons. The molecule has 2 aromatic carbocycles. The van der Waals surface area contributed by atoms with E-state index in [0.29, 0.717) is 15.8 Å². The molecule has 0 saturated carbocycles. The van der Waals surface area contributed by atoms with Crippen LogP contribution in [0.15, 0.2) is 70.6 Å². The van der Waals surface area contributed by atoms with Gasteiger partial charge in [0.2, 0.25) is 0 Å². The molecule has 0 unspecified atom stereocenters. The van der Waals surface area contributed by atoms with Crippen molar-refractivity contribution in [3.63, 3.8) is 0 Å². The van der Waals surface area contributed by atoms with Gasteiger partial charge in [-0.1, -0.05) is 60.9 Å². The Balaban J connectivity index is 1.83. The van der Waals surface area contributed by atoms with Crippen LogP contribution in [0.5, 0.6) is 5.75 Å². The molecule has 0 aliphatic carbocycles. The van der Waals surface area contributed by atoms with Crippen molar-refractivity contribution in [1.82, 2.24) is 0 Å². The van der Waals surface area contributed by atoms with Crippen LogP contribution >= 0.6 is 39.9 Å². The monoisotopic (exact) mass is 431 g/mol. The van der Waals surface area contributed by atoms with Crippen molar-refractivity contribution in [2.75, 3.05) is 11.5 Å². The Labute approximate surface area is 164 Å². The maximum Gasteiger partial charge on any atom is 0.270 e. The summed E-state index contributed by atoms with van der Waals surface area (Å²) in [6.45, 7) is 4.08. The molecule has 3 nitrogen and oxygen atoms in total. The number of thiocarbonyl (C=S) groups is 1. The van der Waals surface area contributed by atoms with E-state index in [9.17, 15) is 4.79 Å². The Morgan fingerprint density at radius 3 is 2.60 bits per heavy atom. The van der Waals surface area contributed by atoms with Gasteiger partial charge in [-0.15, -0.1) is 0 Å². The zero-order valence-corrected chi connectivity index (χ0v) is 16.4. The van der Waals surface area contributed by atoms with Crippen LogP contribution < -0.4 is 9.64 Å². The number of anilines is 1. The van der Waals surface area contributed by atoms with Gasteiger partial charge in [0.05, 0.1) is 10.6 Å². The first-order valence-electron chi connectivity index (χ1n) is 7.46. The third-order valence-electron chi connectivity index (χ3n) is 3.43. The Bertz CT molecular complexity index is 862. The van der Waals surface area contributed by atoms with Crippen molar-refractivity contribution in [2.24, 2.45) is 0 Å². The van der Waals surface area contributed by atoms with Crippen molar-refractivity contribution in [3.05, 3.63) is 76.1 Å². The van der Waals surface area contributed by atoms with Crippen LogP contribution in [-0.4, -0.2) is 16.8 Å². The third-order valence-corrected chi connectivity index (χ3v) is 5.41. The predicted octanol–water partition coefficient (Wildman–Crippen LogP) is 5.42. The van der Waals surface area contributed by atoms with Crippen molar-refractivity contribution >= 4 is 61.9 Å². The molecule has 1 heterocycles. The minimum Gasteiger partial charge on any atom is -0.490 e. The van der Waals surface area contributed by atoms with E-state index in [1.54, 1.807) is 11.0 Å². The molecule has 0 aromatic heterocycles. The van der Waals surface area contributed by atoms with E-state index in [4.69, 9.17) is 17.0 Å². The Hall–Kier alpha value is -1.89. The summed E-state index contributed by atoms with van der Waals surface area (Å²) < 4.78 is 6.81. The first-order chi connectivity index (χ1) is 12.1. The van der Waals surface area contributed by atoms with Gasteiger partial charge in [-0.25, -0.2) is 0 Å². The molecule has 126 valence electrons. The number of rotatable bonds is 5. The number of carbonyl (C=O) groups is 1. The molecule has 1 fully saturated rings. The van der Waals surface area contributed by atoms with Gasteiger partial charge in [-0.3, -0.25) is 9.69 Å². The van der Waals surface area contributed by atoms with Gasteiger partial charge in [0.15, 0.2) is 4.32 Å². The maximum absolute atomic E-state index is 12.8. The predicted molar refractivity (Wildman–Crippen MR) is 112 cm³/mol. The molecule has 1 aliphatic rings. The van der Waals surface area contributed by atoms with Crippen LogP contribution in [0, 0.1) is 0 Å². The van der Waals surface area contributed by atoms with Gasteiger partial charge >= 0.3 is 0 Å². The fourth-order valence-corrected chi connectivity index (χ4v) is 4.02. The van der Waals surface area contributed by atoms with E-state index in [1.807, 2.05) is 54.6 Å². The smallest absolute Gasteiger partial charge is 0.270 e. The SMILES string of the molecule is C=CCOc1ccc(C=C2SC(=S)N(c3ccccc3Br)C2=O)cc1. The lowest BCUT2D eigenvalue weighted by atomic mass is 10.2. The highest BCUT2D eigenvalue weighted by Crippen LogP contribution is 2.38. The molecule has 2 aromatic rings. The number of amides is 1. The van der Waals surface area contributed by atoms with Gasteiger partial charge in [-0.05, 0) is 51.8 Å². The fraction of sp³-hybridized carbons (Fsp3) is 0.0526. The average Bonchev–Trinajstić information content (AvgIpc) is 2.89. The Morgan fingerprint density at radius 2 is 1.92 bits per heavy atom. The molecule has 0 bridgehead atoms. The van der Waals surface area contributed by atoms with E-state index in [2.05, 4.69) is 22.5 Å². The highest BCUT2D eigenvalue weighted by Gasteiger charge is 2.34. The molecule has 1 amide bonds. The summed E-state index contributed by atoms with van der Waals surface area (Å²) in [5.74, 6) is 0.645. The molecular weight excluding hydrogens is 418 g/mol. The van der Waals surface area contributed by atoms with Crippen LogP contribution in [0.25, 0.3) is 6.08 Å². The second-order valence-electron chi connectivity index (χ2n) is 5.14. The van der Waals surface area contributed by atoms with E-state index in [0.717, 1.165) is 21.5 Å². The van der Waals surface area contributed by atoms with Gasteiger partial charge in [-0.2, -0.15) is 0 Å². The van der Waals surface area contributed by atoms with Crippen molar-refractivity contribution < 1.29 is 9.53 Å². The number of nitrogens with zero attached hydrogens (tertiary/aromatic N) is 1. The lowest BCUT2D eigenvalue weighted by Crippen LogP contribution is -2.27. The van der Waals surface area contributed by atoms with Crippen LogP contribution in [0.1, 0.15) is 5.56 Å². The second kappa shape index (κ2) is 7.99. The number of hydrogen-bond acceptors (Lipinski definition) is 4. The molecule has 1 saturated heterocycles. The summed E-state index contributed by atoms with van der Waals surface area (Å²) in [6.07, 6.45) is 3.54. The standard InChI is InChI=1S/C19H14BrNO2S2/c1-2-11-23-14-9-7-13(8-10-14)12-17-18(22)21(19(24)25-17)16-6-4-3-5-15(16)20/h2-10,12H,1,11H2. The van der Waals surface area contributed by atoms with Crippen molar-refractivity contribution in [3.8, 4) is 5.75 Å². The molecular formula is C19H14BrNO2S2. The molecule has 0 N–H and O–H groups in total. The highest BCUT2D eigenvalue weighted by atomic mass is 79.9. The lowest BCUT2D eigenvalue weighted by Gasteiger charge is -2.15. The average molecular weight is 432 g/mol. The van der Waals surface area contributed by atoms with Crippen molar-refractivity contribution in [2.45, 2.75) is 0 Å². The number of ether oxygens (including phenoxy) is 1. The third kappa shape index (κ3) is 4.03. The number of hydrogen-bond donors (Lipinski definition) is 0. The quantitative estimate of drug-likeness (QED) is 0.359. The lowest BCUT2D eigenvalue weighted by molar-refractivity contribution is -0.113.